The van der Waals surface area contributed by atoms with Crippen LogP contribution in [0.25, 0.3) is 0 Å². The number of allylic oxidation sites excluding steroid dienone is 1. The number of anilines is 1. The molecular formula is C20H31N5O2. The van der Waals surface area contributed by atoms with Crippen LogP contribution in [0.1, 0.15) is 49.9 Å². The molecule has 1 unspecified atom stereocenters. The summed E-state index contributed by atoms with van der Waals surface area (Å²) in [4.78, 5) is 22.9. The zero-order valence-corrected chi connectivity index (χ0v) is 16.6. The van der Waals surface area contributed by atoms with Crippen molar-refractivity contribution in [3.05, 3.63) is 29.6 Å². The van der Waals surface area contributed by atoms with E-state index in [9.17, 15) is 4.79 Å². The Balaban J connectivity index is 1.43. The molecule has 1 spiro atoms. The minimum Gasteiger partial charge on any atom is -0.370 e. The van der Waals surface area contributed by atoms with Gasteiger partial charge in [0.1, 0.15) is 0 Å². The third-order valence-electron chi connectivity index (χ3n) is 5.49. The van der Waals surface area contributed by atoms with E-state index in [1.807, 2.05) is 0 Å². The minimum atomic E-state index is -0.154. The highest BCUT2D eigenvalue weighted by atomic mass is 16.5. The Labute approximate surface area is 161 Å². The van der Waals surface area contributed by atoms with Crippen molar-refractivity contribution in [1.82, 2.24) is 20.2 Å². The zero-order valence-electron chi connectivity index (χ0n) is 16.6. The van der Waals surface area contributed by atoms with Gasteiger partial charge in [-0.05, 0) is 39.5 Å². The summed E-state index contributed by atoms with van der Waals surface area (Å²) in [5.74, 6) is 0.349. The van der Waals surface area contributed by atoms with E-state index in [4.69, 9.17) is 4.74 Å². The molecule has 7 nitrogen and oxygen atoms in total. The number of nitrogens with one attached hydrogen (secondary N) is 2. The molecule has 1 atom stereocenters. The van der Waals surface area contributed by atoms with Gasteiger partial charge in [0.05, 0.1) is 17.3 Å². The highest BCUT2D eigenvalue weighted by Gasteiger charge is 2.42. The van der Waals surface area contributed by atoms with Gasteiger partial charge in [0, 0.05) is 45.6 Å². The Morgan fingerprint density at radius 2 is 2.00 bits per heavy atom. The number of hydrogen-bond acceptors (Lipinski definition) is 6. The monoisotopic (exact) mass is 373 g/mol. The maximum absolute atomic E-state index is 12.3. The standard InChI is InChI=1S/C20H31N5O2/c1-15(2)5-9-25-10-7-20(8-11-25)6-4-17(27-20)14-22-18(26)16-12-23-19(21-3)24-13-16/h5,12-13,17H,4,6-11,14H2,1-3H3,(H,22,26)(H,21,23,24). The number of amides is 1. The predicted molar refractivity (Wildman–Crippen MR) is 106 cm³/mol. The summed E-state index contributed by atoms with van der Waals surface area (Å²) >= 11 is 0. The number of nitrogens with zero attached hydrogens (tertiary/aromatic N) is 3. The van der Waals surface area contributed by atoms with Crippen LogP contribution < -0.4 is 10.6 Å². The molecule has 1 aromatic rings. The predicted octanol–water partition coefficient (Wildman–Crippen LogP) is 2.23. The van der Waals surface area contributed by atoms with E-state index < -0.39 is 0 Å². The number of aromatic nitrogens is 2. The summed E-state index contributed by atoms with van der Waals surface area (Å²) in [6.45, 7) is 8.02. The first kappa shape index (κ1) is 19.8. The fraction of sp³-hybridized carbons (Fsp3) is 0.650. The van der Waals surface area contributed by atoms with Gasteiger partial charge in [-0.2, -0.15) is 0 Å². The number of hydrogen-bond donors (Lipinski definition) is 2. The lowest BCUT2D eigenvalue weighted by molar-refractivity contribution is -0.0741. The number of carbonyl (C=O) groups excluding carboxylic acids is 1. The molecule has 2 aliphatic rings. The van der Waals surface area contributed by atoms with Crippen molar-refractivity contribution in [2.75, 3.05) is 38.5 Å². The van der Waals surface area contributed by atoms with Gasteiger partial charge in [-0.25, -0.2) is 9.97 Å². The Morgan fingerprint density at radius 1 is 1.30 bits per heavy atom. The second kappa shape index (κ2) is 8.80. The van der Waals surface area contributed by atoms with Crippen LogP contribution in [0.2, 0.25) is 0 Å². The molecule has 1 aromatic heterocycles. The Kier molecular flexibility index (Phi) is 6.44. The van der Waals surface area contributed by atoms with Gasteiger partial charge in [-0.15, -0.1) is 0 Å². The van der Waals surface area contributed by atoms with Gasteiger partial charge in [0.15, 0.2) is 0 Å². The van der Waals surface area contributed by atoms with Crippen LogP contribution in [0.15, 0.2) is 24.0 Å². The van der Waals surface area contributed by atoms with Crippen molar-refractivity contribution >= 4 is 11.9 Å². The molecule has 2 fully saturated rings. The summed E-state index contributed by atoms with van der Waals surface area (Å²) in [5, 5.41) is 5.80. The Bertz CT molecular complexity index is 661. The molecule has 0 aliphatic carbocycles. The fourth-order valence-electron chi connectivity index (χ4n) is 3.74. The van der Waals surface area contributed by atoms with E-state index in [0.29, 0.717) is 18.1 Å². The number of likely N-dealkylation sites (tertiary alicyclic amines) is 1. The maximum Gasteiger partial charge on any atom is 0.254 e. The third kappa shape index (κ3) is 5.26. The largest absolute Gasteiger partial charge is 0.370 e. The number of piperidine rings is 1. The first-order chi connectivity index (χ1) is 13.0. The molecule has 0 bridgehead atoms. The Morgan fingerprint density at radius 3 is 2.63 bits per heavy atom. The summed E-state index contributed by atoms with van der Waals surface area (Å²) in [6.07, 6.45) is 9.70. The second-order valence-electron chi connectivity index (χ2n) is 7.80. The van der Waals surface area contributed by atoms with E-state index in [2.05, 4.69) is 45.4 Å². The van der Waals surface area contributed by atoms with E-state index >= 15 is 0 Å². The van der Waals surface area contributed by atoms with E-state index in [1.54, 1.807) is 7.05 Å². The molecule has 3 rings (SSSR count). The van der Waals surface area contributed by atoms with Crippen LogP contribution in [0.4, 0.5) is 5.95 Å². The van der Waals surface area contributed by atoms with E-state index in [-0.39, 0.29) is 17.6 Å². The molecule has 2 aliphatic heterocycles. The molecule has 3 heterocycles. The first-order valence-corrected chi connectivity index (χ1v) is 9.81. The van der Waals surface area contributed by atoms with Crippen molar-refractivity contribution < 1.29 is 9.53 Å². The lowest BCUT2D eigenvalue weighted by Crippen LogP contribution is -2.45. The molecular weight excluding hydrogens is 342 g/mol. The van der Waals surface area contributed by atoms with Crippen LogP contribution in [0.3, 0.4) is 0 Å². The average Bonchev–Trinajstić information content (AvgIpc) is 3.08. The molecule has 2 saturated heterocycles. The molecule has 0 aromatic carbocycles. The number of rotatable bonds is 6. The van der Waals surface area contributed by atoms with Crippen LogP contribution >= 0.6 is 0 Å². The van der Waals surface area contributed by atoms with Crippen LogP contribution in [0.5, 0.6) is 0 Å². The topological polar surface area (TPSA) is 79.4 Å². The summed E-state index contributed by atoms with van der Waals surface area (Å²) in [5.41, 5.74) is 1.84. The third-order valence-corrected chi connectivity index (χ3v) is 5.49. The molecule has 27 heavy (non-hydrogen) atoms. The van der Waals surface area contributed by atoms with Gasteiger partial charge in [0.2, 0.25) is 5.95 Å². The highest BCUT2D eigenvalue weighted by molar-refractivity contribution is 5.93. The van der Waals surface area contributed by atoms with Crippen molar-refractivity contribution in [3.8, 4) is 0 Å². The quantitative estimate of drug-likeness (QED) is 0.745. The van der Waals surface area contributed by atoms with E-state index in [0.717, 1.165) is 45.3 Å². The molecule has 1 amide bonds. The van der Waals surface area contributed by atoms with Crippen molar-refractivity contribution in [2.24, 2.45) is 0 Å². The Hall–Kier alpha value is -1.99. The molecule has 148 valence electrons. The lowest BCUT2D eigenvalue weighted by atomic mass is 9.88. The molecule has 0 radical (unpaired) electrons. The maximum atomic E-state index is 12.3. The van der Waals surface area contributed by atoms with Gasteiger partial charge in [-0.1, -0.05) is 11.6 Å². The smallest absolute Gasteiger partial charge is 0.254 e. The van der Waals surface area contributed by atoms with Gasteiger partial charge < -0.3 is 15.4 Å². The first-order valence-electron chi connectivity index (χ1n) is 9.81. The lowest BCUT2D eigenvalue weighted by Gasteiger charge is -2.39. The molecule has 2 N–H and O–H groups in total. The van der Waals surface area contributed by atoms with Crippen LogP contribution in [-0.4, -0.2) is 65.7 Å². The van der Waals surface area contributed by atoms with Gasteiger partial charge >= 0.3 is 0 Å². The summed E-state index contributed by atoms with van der Waals surface area (Å²) in [6, 6.07) is 0. The number of ether oxygens (including phenoxy) is 1. The van der Waals surface area contributed by atoms with Crippen molar-refractivity contribution in [1.29, 1.82) is 0 Å². The van der Waals surface area contributed by atoms with Gasteiger partial charge in [0.25, 0.3) is 5.91 Å². The normalized spacial score (nSPS) is 21.8. The highest BCUT2D eigenvalue weighted by Crippen LogP contribution is 2.38. The average molecular weight is 374 g/mol. The van der Waals surface area contributed by atoms with Crippen LogP contribution in [-0.2, 0) is 4.74 Å². The molecule has 7 heteroatoms. The van der Waals surface area contributed by atoms with Crippen molar-refractivity contribution in [3.63, 3.8) is 0 Å². The minimum absolute atomic E-state index is 0.00836. The van der Waals surface area contributed by atoms with E-state index in [1.165, 1.54) is 18.0 Å². The SMILES string of the molecule is CNc1ncc(C(=O)NCC2CCC3(CCN(CC=C(C)C)CC3)O2)cn1. The van der Waals surface area contributed by atoms with Crippen LogP contribution in [0, 0.1) is 0 Å². The second-order valence-corrected chi connectivity index (χ2v) is 7.80. The zero-order chi connectivity index (χ0) is 19.3. The van der Waals surface area contributed by atoms with Gasteiger partial charge in [-0.3, -0.25) is 9.69 Å². The fourth-order valence-corrected chi connectivity index (χ4v) is 3.74. The number of carbonyl (C=O) groups is 1. The summed E-state index contributed by atoms with van der Waals surface area (Å²) < 4.78 is 6.39. The van der Waals surface area contributed by atoms with Crippen molar-refractivity contribution in [2.45, 2.75) is 51.2 Å². The summed E-state index contributed by atoms with van der Waals surface area (Å²) in [7, 11) is 1.74. The molecule has 0 saturated carbocycles.